The molecule has 2 heterocycles. The van der Waals surface area contributed by atoms with Gasteiger partial charge in [-0.25, -0.2) is 0 Å². The van der Waals surface area contributed by atoms with Gasteiger partial charge in [0.25, 0.3) is 0 Å². The maximum absolute atomic E-state index is 4.53. The van der Waals surface area contributed by atoms with Gasteiger partial charge in [0, 0.05) is 48.8 Å². The second-order valence-corrected chi connectivity index (χ2v) is 7.80. The van der Waals surface area contributed by atoms with Crippen LogP contribution >= 0.6 is 39.9 Å². The van der Waals surface area contributed by atoms with Gasteiger partial charge in [-0.15, -0.1) is 24.0 Å². The molecule has 29 heavy (non-hydrogen) atoms. The first-order chi connectivity index (χ1) is 13.7. The number of hydrogen-bond donors (Lipinski definition) is 2. The van der Waals surface area contributed by atoms with E-state index in [-0.39, 0.29) is 24.0 Å². The summed E-state index contributed by atoms with van der Waals surface area (Å²) < 4.78 is 1.14. The van der Waals surface area contributed by atoms with Gasteiger partial charge < -0.3 is 15.5 Å². The zero-order chi connectivity index (χ0) is 19.3. The Morgan fingerprint density at radius 2 is 2.00 bits per heavy atom. The second-order valence-electron chi connectivity index (χ2n) is 6.95. The van der Waals surface area contributed by atoms with E-state index in [1.165, 1.54) is 11.3 Å². The number of nitrogens with zero attached hydrogens (tertiary/aromatic N) is 3. The average molecular weight is 566 g/mol. The maximum Gasteiger partial charge on any atom is 0.191 e. The predicted octanol–water partition coefficient (Wildman–Crippen LogP) is 4.56. The van der Waals surface area contributed by atoms with E-state index in [0.717, 1.165) is 40.8 Å². The van der Waals surface area contributed by atoms with E-state index in [4.69, 9.17) is 0 Å². The number of aromatic nitrogens is 1. The SMILES string of the molecule is CN=C(NCc1cccc2cccnc12)NC1CCN(c2ccccc2Br)C1.I. The number of pyridine rings is 1. The normalized spacial score (nSPS) is 16.6. The van der Waals surface area contributed by atoms with Crippen molar-refractivity contribution in [2.45, 2.75) is 19.0 Å². The topological polar surface area (TPSA) is 52.6 Å². The molecule has 5 nitrogen and oxygen atoms in total. The number of nitrogens with one attached hydrogen (secondary N) is 2. The minimum atomic E-state index is 0. The molecule has 0 saturated carbocycles. The van der Waals surface area contributed by atoms with Crippen molar-refractivity contribution < 1.29 is 0 Å². The first-order valence-corrected chi connectivity index (χ1v) is 10.3. The third-order valence-electron chi connectivity index (χ3n) is 5.11. The summed E-state index contributed by atoms with van der Waals surface area (Å²) in [5.41, 5.74) is 3.45. The number of anilines is 1. The lowest BCUT2D eigenvalue weighted by atomic mass is 10.1. The van der Waals surface area contributed by atoms with Gasteiger partial charge in [0.1, 0.15) is 0 Å². The molecule has 4 rings (SSSR count). The lowest BCUT2D eigenvalue weighted by Crippen LogP contribution is -2.44. The lowest BCUT2D eigenvalue weighted by Gasteiger charge is -2.21. The molecule has 1 unspecified atom stereocenters. The molecular formula is C22H25BrIN5. The summed E-state index contributed by atoms with van der Waals surface area (Å²) >= 11 is 3.66. The molecule has 1 aromatic heterocycles. The fourth-order valence-electron chi connectivity index (χ4n) is 3.68. The molecule has 2 N–H and O–H groups in total. The van der Waals surface area contributed by atoms with Gasteiger partial charge in [-0.05, 0) is 46.1 Å². The molecule has 2 aromatic carbocycles. The Morgan fingerprint density at radius 3 is 2.83 bits per heavy atom. The summed E-state index contributed by atoms with van der Waals surface area (Å²) in [6.45, 7) is 2.68. The Kier molecular flexibility index (Phi) is 7.71. The standard InChI is InChI=1S/C22H24BrN5.HI/c1-24-22(26-14-17-7-4-6-16-8-5-12-25-21(16)17)27-18-11-13-28(15-18)20-10-3-2-9-19(20)23;/h2-10,12,18H,11,13-15H2,1H3,(H2,24,26,27);1H. The minimum Gasteiger partial charge on any atom is -0.368 e. The molecule has 0 bridgehead atoms. The van der Waals surface area contributed by atoms with Gasteiger partial charge in [0.05, 0.1) is 11.2 Å². The monoisotopic (exact) mass is 565 g/mol. The van der Waals surface area contributed by atoms with Gasteiger partial charge in [0.15, 0.2) is 5.96 Å². The first-order valence-electron chi connectivity index (χ1n) is 9.54. The number of benzene rings is 2. The highest BCUT2D eigenvalue weighted by Gasteiger charge is 2.24. The molecule has 0 radical (unpaired) electrons. The number of halogens is 2. The summed E-state index contributed by atoms with van der Waals surface area (Å²) in [5.74, 6) is 0.826. The zero-order valence-corrected chi connectivity index (χ0v) is 20.2. The van der Waals surface area contributed by atoms with Crippen LogP contribution in [0.1, 0.15) is 12.0 Å². The molecule has 152 valence electrons. The van der Waals surface area contributed by atoms with Crippen molar-refractivity contribution in [1.82, 2.24) is 15.6 Å². The average Bonchev–Trinajstić information content (AvgIpc) is 3.19. The third-order valence-corrected chi connectivity index (χ3v) is 5.78. The van der Waals surface area contributed by atoms with Crippen LogP contribution in [0.4, 0.5) is 5.69 Å². The van der Waals surface area contributed by atoms with E-state index in [1.54, 1.807) is 0 Å². The van der Waals surface area contributed by atoms with Crippen LogP contribution in [-0.4, -0.2) is 37.1 Å². The quantitative estimate of drug-likeness (QED) is 0.277. The first kappa shape index (κ1) is 21.8. The number of rotatable bonds is 4. The number of hydrogen-bond acceptors (Lipinski definition) is 3. The Bertz CT molecular complexity index is 988. The van der Waals surface area contributed by atoms with E-state index < -0.39 is 0 Å². The summed E-state index contributed by atoms with van der Waals surface area (Å²) in [6.07, 6.45) is 2.92. The zero-order valence-electron chi connectivity index (χ0n) is 16.3. The molecule has 1 fully saturated rings. The van der Waals surface area contributed by atoms with Crippen LogP contribution in [0.25, 0.3) is 10.9 Å². The molecular weight excluding hydrogens is 541 g/mol. The fourth-order valence-corrected chi connectivity index (χ4v) is 4.22. The van der Waals surface area contributed by atoms with E-state index in [2.05, 4.69) is 83.9 Å². The number of guanidine groups is 1. The predicted molar refractivity (Wildman–Crippen MR) is 135 cm³/mol. The summed E-state index contributed by atoms with van der Waals surface area (Å²) in [5, 5.41) is 8.16. The second kappa shape index (κ2) is 10.2. The fraction of sp³-hybridized carbons (Fsp3) is 0.273. The largest absolute Gasteiger partial charge is 0.368 e. The van der Waals surface area contributed by atoms with E-state index in [9.17, 15) is 0 Å². The minimum absolute atomic E-state index is 0. The Morgan fingerprint density at radius 1 is 1.17 bits per heavy atom. The Hall–Kier alpha value is -1.87. The molecule has 1 atom stereocenters. The summed E-state index contributed by atoms with van der Waals surface area (Å²) in [6, 6.07) is 19.1. The van der Waals surface area contributed by atoms with Crippen molar-refractivity contribution in [3.05, 3.63) is 70.8 Å². The number of aliphatic imine (C=N–C) groups is 1. The van der Waals surface area contributed by atoms with Gasteiger partial charge in [-0.2, -0.15) is 0 Å². The molecule has 3 aromatic rings. The van der Waals surface area contributed by atoms with Gasteiger partial charge >= 0.3 is 0 Å². The summed E-state index contributed by atoms with van der Waals surface area (Å²) in [4.78, 5) is 11.3. The van der Waals surface area contributed by atoms with Gasteiger partial charge in [0.2, 0.25) is 0 Å². The molecule has 0 amide bonds. The van der Waals surface area contributed by atoms with E-state index >= 15 is 0 Å². The third kappa shape index (κ3) is 5.19. The van der Waals surface area contributed by atoms with Crippen molar-refractivity contribution >= 4 is 62.5 Å². The van der Waals surface area contributed by atoms with Crippen LogP contribution in [0, 0.1) is 0 Å². The van der Waals surface area contributed by atoms with Crippen molar-refractivity contribution in [2.24, 2.45) is 4.99 Å². The van der Waals surface area contributed by atoms with Crippen LogP contribution in [0.5, 0.6) is 0 Å². The van der Waals surface area contributed by atoms with Crippen molar-refractivity contribution in [3.63, 3.8) is 0 Å². The van der Waals surface area contributed by atoms with Crippen molar-refractivity contribution in [2.75, 3.05) is 25.0 Å². The van der Waals surface area contributed by atoms with Crippen LogP contribution < -0.4 is 15.5 Å². The lowest BCUT2D eigenvalue weighted by molar-refractivity contribution is 0.649. The van der Waals surface area contributed by atoms with Crippen molar-refractivity contribution in [1.29, 1.82) is 0 Å². The maximum atomic E-state index is 4.53. The molecule has 0 aliphatic carbocycles. The van der Waals surface area contributed by atoms with Crippen LogP contribution in [-0.2, 0) is 6.54 Å². The molecule has 0 spiro atoms. The molecule has 1 aliphatic rings. The van der Waals surface area contributed by atoms with Crippen LogP contribution in [0.15, 0.2) is 70.3 Å². The Labute approximate surface area is 197 Å². The van der Waals surface area contributed by atoms with Gasteiger partial charge in [-0.1, -0.05) is 36.4 Å². The van der Waals surface area contributed by atoms with E-state index in [1.807, 2.05) is 25.4 Å². The molecule has 7 heteroatoms. The summed E-state index contributed by atoms with van der Waals surface area (Å²) in [7, 11) is 1.82. The van der Waals surface area contributed by atoms with Crippen LogP contribution in [0.2, 0.25) is 0 Å². The van der Waals surface area contributed by atoms with E-state index in [0.29, 0.717) is 12.6 Å². The number of fused-ring (bicyclic) bond motifs is 1. The van der Waals surface area contributed by atoms with Gasteiger partial charge in [-0.3, -0.25) is 9.98 Å². The highest BCUT2D eigenvalue weighted by atomic mass is 127. The molecule has 1 aliphatic heterocycles. The highest BCUT2D eigenvalue weighted by molar-refractivity contribution is 14.0. The van der Waals surface area contributed by atoms with Crippen molar-refractivity contribution in [3.8, 4) is 0 Å². The highest BCUT2D eigenvalue weighted by Crippen LogP contribution is 2.28. The Balaban J connectivity index is 0.00000240. The van der Waals surface area contributed by atoms with Crippen LogP contribution in [0.3, 0.4) is 0 Å². The smallest absolute Gasteiger partial charge is 0.191 e. The number of para-hydroxylation sites is 2. The molecule has 1 saturated heterocycles.